The lowest BCUT2D eigenvalue weighted by atomic mass is 9.86. The topological polar surface area (TPSA) is 171 Å². The number of aliphatic hydroxyl groups excluding tert-OH is 1. The monoisotopic (exact) mass is 561 g/mol. The van der Waals surface area contributed by atoms with E-state index in [0.29, 0.717) is 18.0 Å². The Hall–Kier alpha value is -2.41. The average molecular weight is 562 g/mol. The molecule has 13 heteroatoms. The van der Waals surface area contributed by atoms with E-state index in [-0.39, 0.29) is 31.3 Å². The molecule has 5 N–H and O–H groups in total. The molecule has 0 radical (unpaired) electrons. The van der Waals surface area contributed by atoms with Crippen molar-refractivity contribution in [2.24, 2.45) is 11.8 Å². The van der Waals surface area contributed by atoms with E-state index in [9.17, 15) is 32.5 Å². The van der Waals surface area contributed by atoms with Crippen molar-refractivity contribution < 1.29 is 37.2 Å². The fourth-order valence-electron chi connectivity index (χ4n) is 4.04. The summed E-state index contributed by atoms with van der Waals surface area (Å²) in [4.78, 5) is 37.7. The van der Waals surface area contributed by atoms with E-state index in [2.05, 4.69) is 16.0 Å². The molecule has 1 aromatic rings. The molecule has 1 fully saturated rings. The van der Waals surface area contributed by atoms with Gasteiger partial charge in [-0.15, -0.1) is 0 Å². The summed E-state index contributed by atoms with van der Waals surface area (Å²) in [6.45, 7) is 7.73. The van der Waals surface area contributed by atoms with Crippen LogP contribution in [-0.4, -0.2) is 66.7 Å². The van der Waals surface area contributed by atoms with Crippen LogP contribution in [0.3, 0.4) is 0 Å². The van der Waals surface area contributed by atoms with Crippen LogP contribution in [0, 0.1) is 11.8 Å². The van der Waals surface area contributed by atoms with Gasteiger partial charge in [-0.25, -0.2) is 4.79 Å². The highest BCUT2D eigenvalue weighted by atomic mass is 35.5. The molecular weight excluding hydrogens is 526 g/mol. The number of hydrogen-bond donors (Lipinski definition) is 5. The Morgan fingerprint density at radius 2 is 1.95 bits per heavy atom. The molecule has 1 saturated heterocycles. The van der Waals surface area contributed by atoms with Crippen molar-refractivity contribution in [3.05, 3.63) is 34.9 Å². The standard InChI is InChI=1S/C24H36ClN3O8S/c1-14(2)10-18(28-23(32)36-13-24(3,4)16-6-5-7-17(25)12-16)21(30)27-19(22(31)37(33,34)35)11-15-8-9-26-20(15)29/h5-7,12,14-15,18-19,22,31H,8-11,13H2,1-4H3,(H,26,29)(H,27,30)(H,28,32)(H,33,34,35)/t15-,18-,19-,22?/m0/s1. The van der Waals surface area contributed by atoms with Crippen molar-refractivity contribution in [1.82, 2.24) is 16.0 Å². The molecule has 11 nitrogen and oxygen atoms in total. The Kier molecular flexibility index (Phi) is 10.7. The van der Waals surface area contributed by atoms with Gasteiger partial charge < -0.3 is 25.8 Å². The van der Waals surface area contributed by atoms with E-state index in [0.717, 1.165) is 5.56 Å². The Bertz CT molecular complexity index is 1080. The summed E-state index contributed by atoms with van der Waals surface area (Å²) < 4.78 is 38.0. The first-order valence-electron chi connectivity index (χ1n) is 12.0. The number of nitrogens with one attached hydrogen (secondary N) is 3. The number of aliphatic hydroxyl groups is 1. The van der Waals surface area contributed by atoms with Gasteiger partial charge >= 0.3 is 6.09 Å². The normalized spacial score (nSPS) is 18.6. The van der Waals surface area contributed by atoms with Gasteiger partial charge in [0.1, 0.15) is 12.6 Å². The van der Waals surface area contributed by atoms with E-state index >= 15 is 0 Å². The second-order valence-corrected chi connectivity index (χ2v) is 12.3. The maximum atomic E-state index is 13.1. The van der Waals surface area contributed by atoms with Gasteiger partial charge in [-0.2, -0.15) is 8.42 Å². The molecule has 3 amide bonds. The van der Waals surface area contributed by atoms with Gasteiger partial charge in [0.15, 0.2) is 0 Å². The van der Waals surface area contributed by atoms with Crippen LogP contribution in [-0.2, 0) is 29.9 Å². The second kappa shape index (κ2) is 12.9. The van der Waals surface area contributed by atoms with Crippen LogP contribution in [0.25, 0.3) is 0 Å². The van der Waals surface area contributed by atoms with Crippen LogP contribution in [0.1, 0.15) is 52.5 Å². The quantitative estimate of drug-likeness (QED) is 0.241. The molecule has 37 heavy (non-hydrogen) atoms. The average Bonchev–Trinajstić information content (AvgIpc) is 3.19. The van der Waals surface area contributed by atoms with Crippen LogP contribution in [0.2, 0.25) is 5.02 Å². The molecule has 1 aliphatic heterocycles. The number of alkyl carbamates (subject to hydrolysis) is 1. The van der Waals surface area contributed by atoms with Crippen molar-refractivity contribution >= 4 is 39.6 Å². The predicted octanol–water partition coefficient (Wildman–Crippen LogP) is 1.98. The molecule has 2 rings (SSSR count). The third kappa shape index (κ3) is 9.44. The zero-order valence-electron chi connectivity index (χ0n) is 21.4. The number of ether oxygens (including phenoxy) is 1. The van der Waals surface area contributed by atoms with Crippen molar-refractivity contribution in [3.8, 4) is 0 Å². The third-order valence-corrected chi connectivity index (χ3v) is 7.34. The molecule has 1 heterocycles. The molecule has 4 atom stereocenters. The minimum absolute atomic E-state index is 0.0178. The molecule has 0 spiro atoms. The number of halogens is 1. The van der Waals surface area contributed by atoms with Gasteiger partial charge in [0, 0.05) is 22.9 Å². The molecule has 1 aliphatic rings. The van der Waals surface area contributed by atoms with Gasteiger partial charge in [-0.1, -0.05) is 51.4 Å². The molecule has 0 saturated carbocycles. The maximum absolute atomic E-state index is 13.1. The second-order valence-electron chi connectivity index (χ2n) is 10.3. The summed E-state index contributed by atoms with van der Waals surface area (Å²) in [6, 6.07) is 4.53. The fourth-order valence-corrected chi connectivity index (χ4v) is 4.82. The van der Waals surface area contributed by atoms with Gasteiger partial charge in [0.25, 0.3) is 10.1 Å². The summed E-state index contributed by atoms with van der Waals surface area (Å²) in [7, 11) is -4.95. The van der Waals surface area contributed by atoms with Crippen molar-refractivity contribution in [2.75, 3.05) is 13.2 Å². The van der Waals surface area contributed by atoms with Gasteiger partial charge in [-0.3, -0.25) is 14.1 Å². The third-order valence-electron chi connectivity index (χ3n) is 6.16. The number of carbonyl (C=O) groups is 3. The van der Waals surface area contributed by atoms with Crippen LogP contribution < -0.4 is 16.0 Å². The maximum Gasteiger partial charge on any atom is 0.407 e. The number of amides is 3. The lowest BCUT2D eigenvalue weighted by Crippen LogP contribution is -2.55. The van der Waals surface area contributed by atoms with Gasteiger partial charge in [0.05, 0.1) is 6.04 Å². The molecule has 0 aromatic heterocycles. The highest BCUT2D eigenvalue weighted by Gasteiger charge is 2.38. The lowest BCUT2D eigenvalue weighted by Gasteiger charge is -2.28. The largest absolute Gasteiger partial charge is 0.449 e. The van der Waals surface area contributed by atoms with Gasteiger partial charge in [0.2, 0.25) is 17.3 Å². The van der Waals surface area contributed by atoms with E-state index in [4.69, 9.17) is 16.3 Å². The van der Waals surface area contributed by atoms with Crippen molar-refractivity contribution in [3.63, 3.8) is 0 Å². The Labute approximate surface area is 222 Å². The molecular formula is C24H36ClN3O8S. The number of carbonyl (C=O) groups excluding carboxylic acids is 3. The Morgan fingerprint density at radius 3 is 2.49 bits per heavy atom. The predicted molar refractivity (Wildman–Crippen MR) is 137 cm³/mol. The number of benzene rings is 1. The van der Waals surface area contributed by atoms with Crippen LogP contribution in [0.15, 0.2) is 24.3 Å². The summed E-state index contributed by atoms with van der Waals surface area (Å²) in [5.41, 5.74) is -2.08. The smallest absolute Gasteiger partial charge is 0.407 e. The van der Waals surface area contributed by atoms with Crippen LogP contribution >= 0.6 is 11.6 Å². The number of hydrogen-bond acceptors (Lipinski definition) is 7. The van der Waals surface area contributed by atoms with Crippen molar-refractivity contribution in [1.29, 1.82) is 0 Å². The highest BCUT2D eigenvalue weighted by molar-refractivity contribution is 7.86. The Balaban J connectivity index is 2.10. The first kappa shape index (κ1) is 30.8. The summed E-state index contributed by atoms with van der Waals surface area (Å²) in [6.07, 6.45) is -0.522. The SMILES string of the molecule is CC(C)C[C@H](NC(=O)OCC(C)(C)c1cccc(Cl)c1)C(=O)N[C@@H](C[C@@H]1CCNC1=O)C(O)S(=O)(=O)O. The highest BCUT2D eigenvalue weighted by Crippen LogP contribution is 2.26. The Morgan fingerprint density at radius 1 is 1.27 bits per heavy atom. The molecule has 1 aromatic carbocycles. The first-order valence-corrected chi connectivity index (χ1v) is 13.9. The zero-order chi connectivity index (χ0) is 28.0. The number of rotatable bonds is 12. The minimum atomic E-state index is -4.95. The minimum Gasteiger partial charge on any atom is -0.449 e. The summed E-state index contributed by atoms with van der Waals surface area (Å²) in [5, 5.41) is 18.2. The van der Waals surface area contributed by atoms with E-state index in [1.165, 1.54) is 0 Å². The van der Waals surface area contributed by atoms with Crippen molar-refractivity contribution in [2.45, 2.75) is 69.9 Å². The lowest BCUT2D eigenvalue weighted by molar-refractivity contribution is -0.126. The molecule has 208 valence electrons. The fraction of sp³-hybridized carbons (Fsp3) is 0.625. The summed E-state index contributed by atoms with van der Waals surface area (Å²) >= 11 is 6.06. The molecule has 0 bridgehead atoms. The van der Waals surface area contributed by atoms with Crippen LogP contribution in [0.4, 0.5) is 4.79 Å². The van der Waals surface area contributed by atoms with E-state index < -0.39 is 51.0 Å². The van der Waals surface area contributed by atoms with E-state index in [1.54, 1.807) is 18.2 Å². The van der Waals surface area contributed by atoms with E-state index in [1.807, 2.05) is 33.8 Å². The van der Waals surface area contributed by atoms with Gasteiger partial charge in [-0.05, 0) is 42.9 Å². The summed E-state index contributed by atoms with van der Waals surface area (Å²) in [5.74, 6) is -1.84. The van der Waals surface area contributed by atoms with Crippen LogP contribution in [0.5, 0.6) is 0 Å². The molecule has 1 unspecified atom stereocenters. The molecule has 0 aliphatic carbocycles. The first-order chi connectivity index (χ1) is 17.1. The zero-order valence-corrected chi connectivity index (χ0v) is 22.9.